The number of benzene rings is 1. The number of oxazole rings is 1. The third-order valence-corrected chi connectivity index (χ3v) is 6.31. The fourth-order valence-electron chi connectivity index (χ4n) is 4.60. The average Bonchev–Trinajstić information content (AvgIpc) is 3.27. The smallest absolute Gasteiger partial charge is 0.360 e. The van der Waals surface area contributed by atoms with Crippen LogP contribution in [0.4, 0.5) is 0 Å². The molecule has 4 rings (SSSR count). The Hall–Kier alpha value is -2.38. The van der Waals surface area contributed by atoms with E-state index in [9.17, 15) is 4.79 Å². The van der Waals surface area contributed by atoms with Gasteiger partial charge in [0.15, 0.2) is 5.69 Å². The third-order valence-electron chi connectivity index (χ3n) is 6.31. The predicted molar refractivity (Wildman–Crippen MR) is 117 cm³/mol. The summed E-state index contributed by atoms with van der Waals surface area (Å²) in [5, 5.41) is 0. The number of esters is 1. The summed E-state index contributed by atoms with van der Waals surface area (Å²) in [6.07, 6.45) is 8.45. The first-order valence-electron chi connectivity index (χ1n) is 11.4. The van der Waals surface area contributed by atoms with Gasteiger partial charge in [-0.3, -0.25) is 9.80 Å². The van der Waals surface area contributed by atoms with Crippen molar-refractivity contribution < 1.29 is 18.7 Å². The van der Waals surface area contributed by atoms with Gasteiger partial charge in [0.25, 0.3) is 0 Å². The molecule has 0 aliphatic carbocycles. The Morgan fingerprint density at radius 1 is 1.16 bits per heavy atom. The summed E-state index contributed by atoms with van der Waals surface area (Å²) in [6, 6.07) is 9.19. The van der Waals surface area contributed by atoms with Crippen molar-refractivity contribution in [3.05, 3.63) is 47.7 Å². The molecule has 1 aromatic carbocycles. The minimum Gasteiger partial charge on any atom is -0.494 e. The second-order valence-electron chi connectivity index (χ2n) is 8.47. The lowest BCUT2D eigenvalue weighted by atomic mass is 9.95. The summed E-state index contributed by atoms with van der Waals surface area (Å²) < 4.78 is 16.3. The molecule has 168 valence electrons. The minimum absolute atomic E-state index is 0.221. The van der Waals surface area contributed by atoms with Crippen LogP contribution in [0, 0.1) is 0 Å². The molecule has 2 aromatic rings. The van der Waals surface area contributed by atoms with Gasteiger partial charge in [0.1, 0.15) is 12.0 Å². The standard InChI is InChI=1S/C24H33N3O4/c1-29-24(28)22-18-31-23(25-22)17-26-11-5-15-30-21-8-4-6-19(16-21)9-10-20-7-2-3-12-27(20)14-13-26/h4,6,8,16,18,20H,2-3,5,7,9-15,17H2,1H3. The molecule has 1 unspecified atom stereocenters. The molecule has 0 spiro atoms. The number of carbonyl (C=O) groups excluding carboxylic acids is 1. The molecule has 7 heteroatoms. The lowest BCUT2D eigenvalue weighted by molar-refractivity contribution is 0.0594. The normalized spacial score (nSPS) is 21.5. The summed E-state index contributed by atoms with van der Waals surface area (Å²) in [6.45, 7) is 5.28. The van der Waals surface area contributed by atoms with Crippen LogP contribution in [0.3, 0.4) is 0 Å². The maximum absolute atomic E-state index is 11.7. The molecule has 2 bridgehead atoms. The highest BCUT2D eigenvalue weighted by Gasteiger charge is 2.23. The van der Waals surface area contributed by atoms with E-state index in [-0.39, 0.29) is 5.69 Å². The molecule has 3 heterocycles. The van der Waals surface area contributed by atoms with Crippen LogP contribution >= 0.6 is 0 Å². The molecule has 1 saturated heterocycles. The summed E-state index contributed by atoms with van der Waals surface area (Å²) in [4.78, 5) is 21.0. The van der Waals surface area contributed by atoms with Crippen LogP contribution in [0.15, 0.2) is 34.9 Å². The van der Waals surface area contributed by atoms with Crippen molar-refractivity contribution in [1.82, 2.24) is 14.8 Å². The SMILES string of the molecule is COC(=O)c1coc(CN2CCCOc3cccc(c3)CCC3CCCCN3CC2)n1. The van der Waals surface area contributed by atoms with E-state index >= 15 is 0 Å². The van der Waals surface area contributed by atoms with Crippen LogP contribution in [-0.2, 0) is 17.7 Å². The van der Waals surface area contributed by atoms with E-state index in [0.717, 1.165) is 38.2 Å². The number of aromatic nitrogens is 1. The van der Waals surface area contributed by atoms with Crippen molar-refractivity contribution in [2.75, 3.05) is 39.9 Å². The van der Waals surface area contributed by atoms with Crippen molar-refractivity contribution in [1.29, 1.82) is 0 Å². The van der Waals surface area contributed by atoms with Gasteiger partial charge in [-0.1, -0.05) is 18.6 Å². The second-order valence-corrected chi connectivity index (χ2v) is 8.47. The molecule has 0 amide bonds. The Balaban J connectivity index is 1.45. The van der Waals surface area contributed by atoms with Crippen molar-refractivity contribution in [2.45, 2.75) is 51.1 Å². The molecular formula is C24H33N3O4. The zero-order valence-corrected chi connectivity index (χ0v) is 18.4. The molecule has 7 nitrogen and oxygen atoms in total. The van der Waals surface area contributed by atoms with Gasteiger partial charge in [0.2, 0.25) is 5.89 Å². The van der Waals surface area contributed by atoms with E-state index in [1.165, 1.54) is 51.2 Å². The Bertz CT molecular complexity index is 853. The first-order chi connectivity index (χ1) is 15.2. The Morgan fingerprint density at radius 3 is 3.00 bits per heavy atom. The summed E-state index contributed by atoms with van der Waals surface area (Å²) in [7, 11) is 1.35. The number of hydrogen-bond donors (Lipinski definition) is 0. The molecule has 2 aliphatic rings. The number of carbonyl (C=O) groups is 1. The van der Waals surface area contributed by atoms with Gasteiger partial charge >= 0.3 is 5.97 Å². The summed E-state index contributed by atoms with van der Waals surface area (Å²) >= 11 is 0. The number of piperidine rings is 1. The van der Waals surface area contributed by atoms with Gasteiger partial charge in [-0.25, -0.2) is 9.78 Å². The van der Waals surface area contributed by atoms with Gasteiger partial charge in [-0.2, -0.15) is 0 Å². The van der Waals surface area contributed by atoms with Gasteiger partial charge in [0.05, 0.1) is 20.3 Å². The quantitative estimate of drug-likeness (QED) is 0.694. The highest BCUT2D eigenvalue weighted by Crippen LogP contribution is 2.23. The number of nitrogens with zero attached hydrogens (tertiary/aromatic N) is 3. The fourth-order valence-corrected chi connectivity index (χ4v) is 4.60. The Morgan fingerprint density at radius 2 is 2.10 bits per heavy atom. The van der Waals surface area contributed by atoms with Crippen molar-refractivity contribution >= 4 is 5.97 Å². The van der Waals surface area contributed by atoms with Crippen LogP contribution in [0.2, 0.25) is 0 Å². The lowest BCUT2D eigenvalue weighted by Crippen LogP contribution is -2.44. The maximum atomic E-state index is 11.7. The molecule has 1 fully saturated rings. The number of aryl methyl sites for hydroxylation is 1. The van der Waals surface area contributed by atoms with Crippen LogP contribution in [0.5, 0.6) is 5.75 Å². The number of rotatable bonds is 3. The van der Waals surface area contributed by atoms with Gasteiger partial charge in [-0.05, 0) is 56.3 Å². The van der Waals surface area contributed by atoms with E-state index in [4.69, 9.17) is 13.9 Å². The number of hydrogen-bond acceptors (Lipinski definition) is 7. The second kappa shape index (κ2) is 10.8. The first-order valence-corrected chi connectivity index (χ1v) is 11.4. The van der Waals surface area contributed by atoms with Crippen LogP contribution in [0.1, 0.15) is 54.0 Å². The molecule has 0 saturated carbocycles. The third kappa shape index (κ3) is 6.08. The van der Waals surface area contributed by atoms with E-state index in [1.54, 1.807) is 0 Å². The molecule has 1 aromatic heterocycles. The van der Waals surface area contributed by atoms with Crippen molar-refractivity contribution in [2.24, 2.45) is 0 Å². The number of methoxy groups -OCH3 is 1. The summed E-state index contributed by atoms with van der Waals surface area (Å²) in [5.41, 5.74) is 1.59. The van der Waals surface area contributed by atoms with Gasteiger partial charge in [0, 0.05) is 25.7 Å². The molecule has 0 N–H and O–H groups in total. The zero-order valence-electron chi connectivity index (χ0n) is 18.4. The van der Waals surface area contributed by atoms with Crippen LogP contribution in [0.25, 0.3) is 0 Å². The molecule has 1 atom stereocenters. The summed E-state index contributed by atoms with van der Waals surface area (Å²) in [5.74, 6) is 1.03. The van der Waals surface area contributed by atoms with Crippen molar-refractivity contribution in [3.8, 4) is 5.75 Å². The lowest BCUT2D eigenvalue weighted by Gasteiger charge is -2.37. The van der Waals surface area contributed by atoms with E-state index < -0.39 is 5.97 Å². The maximum Gasteiger partial charge on any atom is 0.360 e. The highest BCUT2D eigenvalue weighted by molar-refractivity contribution is 5.86. The monoisotopic (exact) mass is 427 g/mol. The minimum atomic E-state index is -0.470. The Labute approximate surface area is 184 Å². The zero-order chi connectivity index (χ0) is 21.5. The highest BCUT2D eigenvalue weighted by atomic mass is 16.5. The van der Waals surface area contributed by atoms with Crippen molar-refractivity contribution in [3.63, 3.8) is 0 Å². The topological polar surface area (TPSA) is 68.0 Å². The predicted octanol–water partition coefficient (Wildman–Crippen LogP) is 3.53. The van der Waals surface area contributed by atoms with Gasteiger partial charge in [-0.15, -0.1) is 0 Å². The van der Waals surface area contributed by atoms with Crippen LogP contribution in [-0.4, -0.2) is 66.7 Å². The van der Waals surface area contributed by atoms with E-state index in [1.807, 2.05) is 6.07 Å². The molecule has 2 aliphatic heterocycles. The molecule has 31 heavy (non-hydrogen) atoms. The largest absolute Gasteiger partial charge is 0.494 e. The van der Waals surface area contributed by atoms with E-state index in [2.05, 4.69) is 33.0 Å². The number of fused-ring (bicyclic) bond motifs is 3. The molecular weight excluding hydrogens is 394 g/mol. The van der Waals surface area contributed by atoms with E-state index in [0.29, 0.717) is 25.1 Å². The van der Waals surface area contributed by atoms with Crippen LogP contribution < -0.4 is 4.74 Å². The first kappa shape index (κ1) is 21.8. The molecule has 0 radical (unpaired) electrons. The van der Waals surface area contributed by atoms with Gasteiger partial charge < -0.3 is 13.9 Å². The average molecular weight is 428 g/mol. The Kier molecular flexibility index (Phi) is 7.59. The number of ether oxygens (including phenoxy) is 2. The fraction of sp³-hybridized carbons (Fsp3) is 0.583.